The number of H-pyrrole nitrogens is 1. The molecule has 0 fully saturated rings. The van der Waals surface area contributed by atoms with Crippen molar-refractivity contribution in [1.29, 1.82) is 5.26 Å². The van der Waals surface area contributed by atoms with Crippen LogP contribution in [0.3, 0.4) is 0 Å². The van der Waals surface area contributed by atoms with Gasteiger partial charge >= 0.3 is 0 Å². The van der Waals surface area contributed by atoms with Crippen molar-refractivity contribution in [3.8, 4) is 17.6 Å². The largest absolute Gasteiger partial charge is 0.454 e. The summed E-state index contributed by atoms with van der Waals surface area (Å²) in [6, 6.07) is 9.18. The van der Waals surface area contributed by atoms with Crippen molar-refractivity contribution < 1.29 is 9.47 Å². The molecule has 0 spiro atoms. The number of pyridine rings is 1. The number of nitrogens with zero attached hydrogens (tertiary/aromatic N) is 3. The van der Waals surface area contributed by atoms with E-state index in [4.69, 9.17) is 14.7 Å². The molecule has 0 saturated heterocycles. The predicted molar refractivity (Wildman–Crippen MR) is 91.1 cm³/mol. The molecule has 3 aromatic rings. The lowest BCUT2D eigenvalue weighted by molar-refractivity contribution is 0.174. The van der Waals surface area contributed by atoms with E-state index < -0.39 is 0 Å². The summed E-state index contributed by atoms with van der Waals surface area (Å²) in [6.07, 6.45) is 1.87. The van der Waals surface area contributed by atoms with Crippen molar-refractivity contribution in [2.45, 2.75) is 19.4 Å². The fourth-order valence-electron chi connectivity index (χ4n) is 2.85. The van der Waals surface area contributed by atoms with Crippen LogP contribution in [0.2, 0.25) is 0 Å². The van der Waals surface area contributed by atoms with Gasteiger partial charge in [-0.15, -0.1) is 0 Å². The van der Waals surface area contributed by atoms with Gasteiger partial charge in [-0.1, -0.05) is 0 Å². The van der Waals surface area contributed by atoms with Crippen LogP contribution in [-0.2, 0) is 0 Å². The van der Waals surface area contributed by atoms with Gasteiger partial charge in [0, 0.05) is 18.0 Å². The number of hydrogen-bond acceptors (Lipinski definition) is 6. The molecule has 2 N–H and O–H groups in total. The smallest absolute Gasteiger partial charge is 0.261 e. The Kier molecular flexibility index (Phi) is 3.54. The first kappa shape index (κ1) is 15.1. The van der Waals surface area contributed by atoms with E-state index >= 15 is 0 Å². The molecule has 126 valence electrons. The topological polar surface area (TPSA) is 105 Å². The van der Waals surface area contributed by atoms with E-state index in [0.29, 0.717) is 34.6 Å². The summed E-state index contributed by atoms with van der Waals surface area (Å²) in [5.41, 5.74) is 1.16. The average Bonchev–Trinajstić information content (AvgIpc) is 3.20. The predicted octanol–water partition coefficient (Wildman–Crippen LogP) is 2.67. The van der Waals surface area contributed by atoms with E-state index in [1.807, 2.05) is 13.0 Å². The number of aromatic amines is 1. The molecule has 1 unspecified atom stereocenters. The highest BCUT2D eigenvalue weighted by Gasteiger charge is 2.19. The molecule has 1 atom stereocenters. The molecule has 1 aliphatic heterocycles. The molecular formula is C17H15N5O3. The van der Waals surface area contributed by atoms with Crippen molar-refractivity contribution in [3.05, 3.63) is 40.8 Å². The molecule has 0 amide bonds. The third kappa shape index (κ3) is 2.55. The third-order valence-electron chi connectivity index (χ3n) is 4.07. The van der Waals surface area contributed by atoms with Crippen LogP contribution < -0.4 is 20.3 Å². The van der Waals surface area contributed by atoms with Gasteiger partial charge in [0.15, 0.2) is 17.3 Å². The quantitative estimate of drug-likeness (QED) is 0.758. The number of nitriles is 1. The number of aromatic nitrogens is 3. The molecule has 25 heavy (non-hydrogen) atoms. The highest BCUT2D eigenvalue weighted by atomic mass is 16.7. The summed E-state index contributed by atoms with van der Waals surface area (Å²) in [5, 5.41) is 17.1. The van der Waals surface area contributed by atoms with Gasteiger partial charge in [-0.3, -0.25) is 9.48 Å². The summed E-state index contributed by atoms with van der Waals surface area (Å²) < 4.78 is 12.4. The first-order chi connectivity index (χ1) is 12.2. The van der Waals surface area contributed by atoms with Crippen LogP contribution in [0.1, 0.15) is 19.4 Å². The number of fused-ring (bicyclic) bond motifs is 2. The van der Waals surface area contributed by atoms with E-state index in [0.717, 1.165) is 5.69 Å². The summed E-state index contributed by atoms with van der Waals surface area (Å²) >= 11 is 0. The maximum Gasteiger partial charge on any atom is 0.261 e. The van der Waals surface area contributed by atoms with Crippen molar-refractivity contribution in [2.75, 3.05) is 12.1 Å². The molecule has 0 aliphatic carbocycles. The monoisotopic (exact) mass is 337 g/mol. The number of ether oxygens (including phenoxy) is 2. The first-order valence-corrected chi connectivity index (χ1v) is 7.81. The van der Waals surface area contributed by atoms with Gasteiger partial charge in [-0.05, 0) is 25.1 Å². The van der Waals surface area contributed by atoms with Gasteiger partial charge in [0.05, 0.1) is 24.0 Å². The van der Waals surface area contributed by atoms with Gasteiger partial charge in [-0.25, -0.2) is 0 Å². The van der Waals surface area contributed by atoms with Crippen LogP contribution in [0.4, 0.5) is 11.5 Å². The minimum atomic E-state index is -0.240. The first-order valence-electron chi connectivity index (χ1n) is 7.81. The highest BCUT2D eigenvalue weighted by molar-refractivity contribution is 5.91. The number of benzene rings is 1. The average molecular weight is 337 g/mol. The third-order valence-corrected chi connectivity index (χ3v) is 4.07. The second-order valence-corrected chi connectivity index (χ2v) is 5.76. The van der Waals surface area contributed by atoms with Crippen LogP contribution in [0.25, 0.3) is 10.9 Å². The Morgan fingerprint density at radius 1 is 1.40 bits per heavy atom. The van der Waals surface area contributed by atoms with Gasteiger partial charge in [0.1, 0.15) is 5.39 Å². The maximum atomic E-state index is 12.3. The number of anilines is 2. The van der Waals surface area contributed by atoms with Crippen LogP contribution in [0.15, 0.2) is 35.3 Å². The van der Waals surface area contributed by atoms with E-state index in [9.17, 15) is 4.79 Å². The van der Waals surface area contributed by atoms with Crippen molar-refractivity contribution in [3.63, 3.8) is 0 Å². The Labute approximate surface area is 142 Å². The maximum absolute atomic E-state index is 12.3. The van der Waals surface area contributed by atoms with Crippen molar-refractivity contribution in [1.82, 2.24) is 14.8 Å². The molecule has 0 bridgehead atoms. The normalized spacial score (nSPS) is 13.6. The van der Waals surface area contributed by atoms with Crippen molar-refractivity contribution >= 4 is 22.4 Å². The van der Waals surface area contributed by atoms with E-state index in [-0.39, 0.29) is 18.4 Å². The standard InChI is InChI=1S/C17H15N5O3/c1-10(4-6-18)22-12-5-7-19-17(23)15(12)16(21-22)20-11-2-3-13-14(8-11)25-9-24-13/h2-3,5,7-8,10H,4,9H2,1H3,(H,19,23)(H,20,21). The molecule has 1 aliphatic rings. The van der Waals surface area contributed by atoms with Gasteiger partial charge in [0.2, 0.25) is 6.79 Å². The van der Waals surface area contributed by atoms with Crippen LogP contribution in [0.5, 0.6) is 11.5 Å². The molecule has 8 nitrogen and oxygen atoms in total. The van der Waals surface area contributed by atoms with Crippen LogP contribution in [0, 0.1) is 11.3 Å². The van der Waals surface area contributed by atoms with Crippen molar-refractivity contribution in [2.24, 2.45) is 0 Å². The fraction of sp³-hybridized carbons (Fsp3) is 0.235. The summed E-state index contributed by atoms with van der Waals surface area (Å²) in [6.45, 7) is 2.09. The summed E-state index contributed by atoms with van der Waals surface area (Å²) in [7, 11) is 0. The van der Waals surface area contributed by atoms with Gasteiger partial charge in [-0.2, -0.15) is 10.4 Å². The second-order valence-electron chi connectivity index (χ2n) is 5.76. The zero-order valence-corrected chi connectivity index (χ0v) is 13.4. The molecular weight excluding hydrogens is 322 g/mol. The molecule has 4 rings (SSSR count). The number of rotatable bonds is 4. The molecule has 0 saturated carbocycles. The molecule has 2 aromatic heterocycles. The summed E-state index contributed by atoms with van der Waals surface area (Å²) in [4.78, 5) is 15.0. The van der Waals surface area contributed by atoms with E-state index in [1.54, 1.807) is 29.1 Å². The minimum absolute atomic E-state index is 0.151. The zero-order valence-electron chi connectivity index (χ0n) is 13.4. The van der Waals surface area contributed by atoms with Crippen LogP contribution >= 0.6 is 0 Å². The second kappa shape index (κ2) is 5.87. The number of hydrogen-bond donors (Lipinski definition) is 2. The van der Waals surface area contributed by atoms with E-state index in [1.165, 1.54) is 0 Å². The number of nitrogens with one attached hydrogen (secondary N) is 2. The minimum Gasteiger partial charge on any atom is -0.454 e. The van der Waals surface area contributed by atoms with E-state index in [2.05, 4.69) is 21.5 Å². The highest BCUT2D eigenvalue weighted by Crippen LogP contribution is 2.35. The van der Waals surface area contributed by atoms with Gasteiger partial charge in [0.25, 0.3) is 5.56 Å². The fourth-order valence-corrected chi connectivity index (χ4v) is 2.85. The Morgan fingerprint density at radius 3 is 3.08 bits per heavy atom. The SMILES string of the molecule is CC(CC#N)n1nc(Nc2ccc3c(c2)OCO3)c2c(=O)[nH]ccc21. The molecule has 8 heteroatoms. The molecule has 0 radical (unpaired) electrons. The van der Waals surface area contributed by atoms with Gasteiger partial charge < -0.3 is 19.8 Å². The molecule has 3 heterocycles. The Hall–Kier alpha value is -3.47. The summed E-state index contributed by atoms with van der Waals surface area (Å²) in [5.74, 6) is 1.75. The molecule has 1 aromatic carbocycles. The Bertz CT molecular complexity index is 1050. The Balaban J connectivity index is 1.79. The lowest BCUT2D eigenvalue weighted by Crippen LogP contribution is -2.08. The van der Waals surface area contributed by atoms with Crippen LogP contribution in [-0.4, -0.2) is 21.6 Å². The zero-order chi connectivity index (χ0) is 17.4. The lowest BCUT2D eigenvalue weighted by Gasteiger charge is -2.09. The lowest BCUT2D eigenvalue weighted by atomic mass is 10.2. The Morgan fingerprint density at radius 2 is 2.24 bits per heavy atom.